The van der Waals surface area contributed by atoms with Crippen molar-refractivity contribution in [1.82, 2.24) is 0 Å². The molecule has 5 atom stereocenters. The molecule has 2 rings (SSSR count). The molecule has 5 unspecified atom stereocenters. The first kappa shape index (κ1) is 18.5. The summed E-state index contributed by atoms with van der Waals surface area (Å²) in [4.78, 5) is 0. The second-order valence-electron chi connectivity index (χ2n) is 8.29. The average molecular weight is 327 g/mol. The van der Waals surface area contributed by atoms with Gasteiger partial charge in [-0.2, -0.15) is 0 Å². The SMILES string of the molecule is CC[Si](CC)(CC)OCC(C)C1CCC2C(O)CCCC12C. The molecular formula is C19H38O2Si. The van der Waals surface area contributed by atoms with E-state index in [0.717, 1.165) is 18.9 Å². The number of hydrogen-bond donors (Lipinski definition) is 1. The van der Waals surface area contributed by atoms with E-state index in [-0.39, 0.29) is 6.10 Å². The maximum atomic E-state index is 10.4. The van der Waals surface area contributed by atoms with Crippen molar-refractivity contribution in [3.05, 3.63) is 0 Å². The fourth-order valence-corrected chi connectivity index (χ4v) is 8.33. The molecule has 2 aliphatic rings. The second kappa shape index (κ2) is 7.35. The monoisotopic (exact) mass is 326 g/mol. The van der Waals surface area contributed by atoms with Crippen LogP contribution in [0.4, 0.5) is 0 Å². The lowest BCUT2D eigenvalue weighted by Gasteiger charge is -2.45. The van der Waals surface area contributed by atoms with Crippen LogP contribution < -0.4 is 0 Å². The normalized spacial score (nSPS) is 37.1. The third kappa shape index (κ3) is 3.32. The van der Waals surface area contributed by atoms with Crippen molar-refractivity contribution in [2.45, 2.75) is 91.0 Å². The third-order valence-corrected chi connectivity index (χ3v) is 12.1. The Morgan fingerprint density at radius 2 is 1.77 bits per heavy atom. The molecule has 2 saturated carbocycles. The van der Waals surface area contributed by atoms with Gasteiger partial charge in [0.15, 0.2) is 8.32 Å². The molecule has 2 fully saturated rings. The zero-order valence-electron chi connectivity index (χ0n) is 15.5. The fraction of sp³-hybridized carbons (Fsp3) is 1.00. The topological polar surface area (TPSA) is 29.5 Å². The van der Waals surface area contributed by atoms with Crippen molar-refractivity contribution in [1.29, 1.82) is 0 Å². The van der Waals surface area contributed by atoms with E-state index in [9.17, 15) is 5.11 Å². The summed E-state index contributed by atoms with van der Waals surface area (Å²) in [5.41, 5.74) is 0.356. The minimum absolute atomic E-state index is 0.0488. The molecule has 0 spiro atoms. The second-order valence-corrected chi connectivity index (χ2v) is 13.1. The number of hydrogen-bond acceptors (Lipinski definition) is 2. The highest BCUT2D eigenvalue weighted by Gasteiger charge is 2.52. The van der Waals surface area contributed by atoms with Gasteiger partial charge in [0, 0.05) is 6.61 Å². The molecule has 0 saturated heterocycles. The number of fused-ring (bicyclic) bond motifs is 1. The highest BCUT2D eigenvalue weighted by Crippen LogP contribution is 2.57. The maximum Gasteiger partial charge on any atom is 0.191 e. The Labute approximate surface area is 139 Å². The molecule has 0 heterocycles. The summed E-state index contributed by atoms with van der Waals surface area (Å²) in [7, 11) is -1.46. The Hall–Kier alpha value is 0.137. The molecule has 0 aromatic heterocycles. The van der Waals surface area contributed by atoms with Crippen LogP contribution in [0.25, 0.3) is 0 Å². The van der Waals surface area contributed by atoms with Crippen molar-refractivity contribution in [2.75, 3.05) is 6.61 Å². The number of aliphatic hydroxyl groups is 1. The van der Waals surface area contributed by atoms with E-state index in [2.05, 4.69) is 34.6 Å². The van der Waals surface area contributed by atoms with E-state index in [1.807, 2.05) is 0 Å². The minimum Gasteiger partial charge on any atom is -0.417 e. The van der Waals surface area contributed by atoms with E-state index in [1.165, 1.54) is 43.8 Å². The highest BCUT2D eigenvalue weighted by atomic mass is 28.4. The number of rotatable bonds is 7. The predicted octanol–water partition coefficient (Wildman–Crippen LogP) is 5.22. The summed E-state index contributed by atoms with van der Waals surface area (Å²) in [6.07, 6.45) is 6.01. The van der Waals surface area contributed by atoms with Crippen LogP contribution in [-0.4, -0.2) is 26.1 Å². The molecule has 130 valence electrons. The molecule has 0 radical (unpaired) electrons. The van der Waals surface area contributed by atoms with Crippen molar-refractivity contribution >= 4 is 8.32 Å². The largest absolute Gasteiger partial charge is 0.417 e. The van der Waals surface area contributed by atoms with Gasteiger partial charge in [0.2, 0.25) is 0 Å². The van der Waals surface area contributed by atoms with Crippen molar-refractivity contribution < 1.29 is 9.53 Å². The van der Waals surface area contributed by atoms with Gasteiger partial charge in [-0.15, -0.1) is 0 Å². The maximum absolute atomic E-state index is 10.4. The van der Waals surface area contributed by atoms with Gasteiger partial charge >= 0.3 is 0 Å². The molecule has 0 aromatic rings. The molecule has 0 amide bonds. The van der Waals surface area contributed by atoms with E-state index in [1.54, 1.807) is 0 Å². The Bertz CT molecular complexity index is 347. The Kier molecular flexibility index (Phi) is 6.18. The molecule has 1 N–H and O–H groups in total. The molecule has 0 aromatic carbocycles. The van der Waals surface area contributed by atoms with Crippen LogP contribution in [0, 0.1) is 23.2 Å². The summed E-state index contributed by atoms with van der Waals surface area (Å²) in [5, 5.41) is 10.4. The van der Waals surface area contributed by atoms with Crippen LogP contribution in [0.2, 0.25) is 18.1 Å². The zero-order chi connectivity index (χ0) is 16.4. The van der Waals surface area contributed by atoms with Gasteiger partial charge in [-0.3, -0.25) is 0 Å². The molecule has 3 heteroatoms. The van der Waals surface area contributed by atoms with Gasteiger partial charge in [0.25, 0.3) is 0 Å². The molecule has 0 aliphatic heterocycles. The van der Waals surface area contributed by atoms with Crippen molar-refractivity contribution in [3.63, 3.8) is 0 Å². The first-order valence-corrected chi connectivity index (χ1v) is 12.3. The van der Waals surface area contributed by atoms with Crippen LogP contribution >= 0.6 is 0 Å². The van der Waals surface area contributed by atoms with E-state index in [0.29, 0.717) is 17.3 Å². The Balaban J connectivity index is 1.99. The molecule has 0 bridgehead atoms. The fourth-order valence-electron chi connectivity index (χ4n) is 5.60. The summed E-state index contributed by atoms with van der Waals surface area (Å²) in [5.74, 6) is 1.92. The van der Waals surface area contributed by atoms with Gasteiger partial charge in [-0.05, 0) is 67.0 Å². The smallest absolute Gasteiger partial charge is 0.191 e. The van der Waals surface area contributed by atoms with Crippen LogP contribution in [0.3, 0.4) is 0 Å². The summed E-state index contributed by atoms with van der Waals surface area (Å²) >= 11 is 0. The lowest BCUT2D eigenvalue weighted by atomic mass is 9.62. The van der Waals surface area contributed by atoms with Crippen LogP contribution in [0.5, 0.6) is 0 Å². The minimum atomic E-state index is -1.46. The van der Waals surface area contributed by atoms with Crippen molar-refractivity contribution in [3.8, 4) is 0 Å². The van der Waals surface area contributed by atoms with Gasteiger partial charge in [0.05, 0.1) is 6.10 Å². The van der Waals surface area contributed by atoms with Gasteiger partial charge in [-0.1, -0.05) is 41.0 Å². The first-order chi connectivity index (χ1) is 10.4. The summed E-state index contributed by atoms with van der Waals surface area (Å²) < 4.78 is 6.58. The number of aliphatic hydroxyl groups excluding tert-OH is 1. The first-order valence-electron chi connectivity index (χ1n) is 9.74. The Morgan fingerprint density at radius 3 is 2.36 bits per heavy atom. The molecule has 22 heavy (non-hydrogen) atoms. The van der Waals surface area contributed by atoms with Gasteiger partial charge in [-0.25, -0.2) is 0 Å². The lowest BCUT2D eigenvalue weighted by molar-refractivity contribution is -0.0314. The molecular weight excluding hydrogens is 288 g/mol. The Morgan fingerprint density at radius 1 is 1.14 bits per heavy atom. The highest BCUT2D eigenvalue weighted by molar-refractivity contribution is 6.73. The standard InChI is InChI=1S/C19H38O2Si/c1-6-22(7-2,8-3)21-14-15(4)16-11-12-17-18(20)10-9-13-19(16,17)5/h15-18,20H,6-14H2,1-5H3. The van der Waals surface area contributed by atoms with Crippen molar-refractivity contribution in [2.24, 2.45) is 23.2 Å². The quantitative estimate of drug-likeness (QED) is 0.650. The third-order valence-electron chi connectivity index (χ3n) is 7.43. The average Bonchev–Trinajstić information content (AvgIpc) is 2.87. The molecule has 2 nitrogen and oxygen atoms in total. The van der Waals surface area contributed by atoms with E-state index < -0.39 is 8.32 Å². The molecule has 2 aliphatic carbocycles. The van der Waals surface area contributed by atoms with E-state index >= 15 is 0 Å². The lowest BCUT2D eigenvalue weighted by Crippen LogP contribution is -2.43. The van der Waals surface area contributed by atoms with Gasteiger partial charge < -0.3 is 9.53 Å². The zero-order valence-corrected chi connectivity index (χ0v) is 16.5. The van der Waals surface area contributed by atoms with E-state index in [4.69, 9.17) is 4.43 Å². The van der Waals surface area contributed by atoms with Crippen LogP contribution in [-0.2, 0) is 4.43 Å². The van der Waals surface area contributed by atoms with Crippen LogP contribution in [0.1, 0.15) is 66.7 Å². The van der Waals surface area contributed by atoms with Gasteiger partial charge in [0.1, 0.15) is 0 Å². The summed E-state index contributed by atoms with van der Waals surface area (Å²) in [6, 6.07) is 3.74. The van der Waals surface area contributed by atoms with Crippen LogP contribution in [0.15, 0.2) is 0 Å². The predicted molar refractivity (Wildman–Crippen MR) is 96.5 cm³/mol. The summed E-state index contributed by atoms with van der Waals surface area (Å²) in [6.45, 7) is 12.7.